The fourth-order valence-electron chi connectivity index (χ4n) is 2.35. The Morgan fingerprint density at radius 3 is 2.60 bits per heavy atom. The van der Waals surface area contributed by atoms with E-state index < -0.39 is 12.2 Å². The van der Waals surface area contributed by atoms with Crippen molar-refractivity contribution in [3.8, 4) is 0 Å². The molecule has 0 radical (unpaired) electrons. The molecular formula is C16H19NO3. The van der Waals surface area contributed by atoms with Crippen molar-refractivity contribution >= 4 is 16.7 Å². The highest BCUT2D eigenvalue weighted by molar-refractivity contribution is 5.87. The van der Waals surface area contributed by atoms with Crippen LogP contribution >= 0.6 is 0 Å². The third-order valence-corrected chi connectivity index (χ3v) is 3.41. The Morgan fingerprint density at radius 2 is 1.90 bits per heavy atom. The minimum Gasteiger partial charge on any atom is -0.388 e. The zero-order valence-corrected chi connectivity index (χ0v) is 11.6. The topological polar surface area (TPSA) is 69.6 Å². The summed E-state index contributed by atoms with van der Waals surface area (Å²) in [5.41, 5.74) is 1.62. The molecule has 2 atom stereocenters. The van der Waals surface area contributed by atoms with Crippen molar-refractivity contribution in [2.45, 2.75) is 26.1 Å². The number of benzene rings is 2. The van der Waals surface area contributed by atoms with E-state index in [9.17, 15) is 15.0 Å². The lowest BCUT2D eigenvalue weighted by Gasteiger charge is -2.21. The first-order valence-corrected chi connectivity index (χ1v) is 6.59. The molecule has 20 heavy (non-hydrogen) atoms. The maximum atomic E-state index is 10.9. The molecule has 2 rings (SSSR count). The largest absolute Gasteiger partial charge is 0.388 e. The minimum absolute atomic E-state index is 0.0269. The lowest BCUT2D eigenvalue weighted by atomic mass is 9.93. The van der Waals surface area contributed by atoms with Crippen LogP contribution in [0.15, 0.2) is 36.4 Å². The second-order valence-electron chi connectivity index (χ2n) is 4.97. The van der Waals surface area contributed by atoms with E-state index in [-0.39, 0.29) is 12.5 Å². The van der Waals surface area contributed by atoms with Crippen molar-refractivity contribution in [1.82, 2.24) is 5.32 Å². The summed E-state index contributed by atoms with van der Waals surface area (Å²) in [6.07, 6.45) is -2.07. The van der Waals surface area contributed by atoms with Gasteiger partial charge in [0, 0.05) is 13.5 Å². The molecule has 0 aliphatic rings. The molecule has 0 aliphatic heterocycles. The number of aliphatic hydroxyl groups excluding tert-OH is 2. The van der Waals surface area contributed by atoms with Crippen molar-refractivity contribution in [3.05, 3.63) is 47.5 Å². The standard InChI is InChI=1S/C16H19NO3/c1-10-7-8-12-5-3-4-6-13(12)15(10)16(20)14(19)9-17-11(2)18/h3-8,14,16,19-20H,9H2,1-2H3,(H,17,18). The SMILES string of the molecule is CC(=O)NCC(O)C(O)c1c(C)ccc2ccccc12. The van der Waals surface area contributed by atoms with E-state index in [1.54, 1.807) is 0 Å². The molecule has 3 N–H and O–H groups in total. The van der Waals surface area contributed by atoms with Crippen molar-refractivity contribution in [3.63, 3.8) is 0 Å². The second kappa shape index (κ2) is 6.03. The predicted molar refractivity (Wildman–Crippen MR) is 78.3 cm³/mol. The average Bonchev–Trinajstić information content (AvgIpc) is 2.44. The molecule has 0 saturated heterocycles. The zero-order valence-electron chi connectivity index (χ0n) is 11.6. The minimum atomic E-state index is -1.04. The molecule has 106 valence electrons. The summed E-state index contributed by atoms with van der Waals surface area (Å²) in [5, 5.41) is 24.9. The van der Waals surface area contributed by atoms with E-state index in [2.05, 4.69) is 5.32 Å². The Kier molecular flexibility index (Phi) is 4.37. The Morgan fingerprint density at radius 1 is 1.20 bits per heavy atom. The van der Waals surface area contributed by atoms with Crippen LogP contribution < -0.4 is 5.32 Å². The van der Waals surface area contributed by atoms with Gasteiger partial charge in [-0.1, -0.05) is 36.4 Å². The number of nitrogens with one attached hydrogen (secondary N) is 1. The molecule has 4 nitrogen and oxygen atoms in total. The van der Waals surface area contributed by atoms with Gasteiger partial charge in [0.2, 0.25) is 5.91 Å². The fraction of sp³-hybridized carbons (Fsp3) is 0.312. The maximum absolute atomic E-state index is 10.9. The van der Waals surface area contributed by atoms with Crippen molar-refractivity contribution < 1.29 is 15.0 Å². The normalized spacial score (nSPS) is 14.0. The van der Waals surface area contributed by atoms with Gasteiger partial charge in [-0.25, -0.2) is 0 Å². The smallest absolute Gasteiger partial charge is 0.216 e. The van der Waals surface area contributed by atoms with Gasteiger partial charge in [-0.2, -0.15) is 0 Å². The van der Waals surface area contributed by atoms with Crippen LogP contribution in [0.25, 0.3) is 10.8 Å². The molecule has 0 heterocycles. The molecule has 4 heteroatoms. The van der Waals surface area contributed by atoms with E-state index in [0.29, 0.717) is 5.56 Å². The third-order valence-electron chi connectivity index (χ3n) is 3.41. The molecule has 2 aromatic carbocycles. The van der Waals surface area contributed by atoms with Gasteiger partial charge in [-0.05, 0) is 28.8 Å². The summed E-state index contributed by atoms with van der Waals surface area (Å²) < 4.78 is 0. The summed E-state index contributed by atoms with van der Waals surface area (Å²) in [6.45, 7) is 3.30. The molecule has 0 bridgehead atoms. The number of aliphatic hydroxyl groups is 2. The van der Waals surface area contributed by atoms with Crippen LogP contribution in [-0.4, -0.2) is 28.8 Å². The van der Waals surface area contributed by atoms with Crippen molar-refractivity contribution in [2.24, 2.45) is 0 Å². The first-order chi connectivity index (χ1) is 9.50. The summed E-state index contributed by atoms with van der Waals surface area (Å²) in [7, 11) is 0. The van der Waals surface area contributed by atoms with Gasteiger partial charge in [-0.15, -0.1) is 0 Å². The third kappa shape index (κ3) is 2.98. The number of rotatable bonds is 4. The Hall–Kier alpha value is -1.91. The van der Waals surface area contributed by atoms with Gasteiger partial charge < -0.3 is 15.5 Å². The molecule has 0 saturated carbocycles. The van der Waals surface area contributed by atoms with E-state index in [1.165, 1.54) is 6.92 Å². The zero-order chi connectivity index (χ0) is 14.7. The van der Waals surface area contributed by atoms with Crippen LogP contribution in [-0.2, 0) is 4.79 Å². The van der Waals surface area contributed by atoms with Gasteiger partial charge in [-0.3, -0.25) is 4.79 Å². The van der Waals surface area contributed by atoms with Crippen LogP contribution in [0.3, 0.4) is 0 Å². The highest BCUT2D eigenvalue weighted by Crippen LogP contribution is 2.29. The molecule has 0 fully saturated rings. The van der Waals surface area contributed by atoms with E-state index in [4.69, 9.17) is 0 Å². The van der Waals surface area contributed by atoms with Crippen LogP contribution in [0.4, 0.5) is 0 Å². The van der Waals surface area contributed by atoms with Crippen molar-refractivity contribution in [1.29, 1.82) is 0 Å². The average molecular weight is 273 g/mol. The summed E-state index contributed by atoms with van der Waals surface area (Å²) in [6, 6.07) is 11.6. The number of hydrogen-bond donors (Lipinski definition) is 3. The first-order valence-electron chi connectivity index (χ1n) is 6.59. The molecule has 0 spiro atoms. The summed E-state index contributed by atoms with van der Waals surface area (Å²) in [4.78, 5) is 10.9. The number of fused-ring (bicyclic) bond motifs is 1. The highest BCUT2D eigenvalue weighted by atomic mass is 16.3. The summed E-state index contributed by atoms with van der Waals surface area (Å²) >= 11 is 0. The molecule has 2 unspecified atom stereocenters. The van der Waals surface area contributed by atoms with Crippen molar-refractivity contribution in [2.75, 3.05) is 6.54 Å². The van der Waals surface area contributed by atoms with Gasteiger partial charge in [0.15, 0.2) is 0 Å². The van der Waals surface area contributed by atoms with Gasteiger partial charge >= 0.3 is 0 Å². The van der Waals surface area contributed by atoms with Crippen LogP contribution in [0.1, 0.15) is 24.2 Å². The van der Waals surface area contributed by atoms with E-state index in [0.717, 1.165) is 16.3 Å². The number of carbonyl (C=O) groups excluding carboxylic acids is 1. The molecule has 0 aliphatic carbocycles. The number of aryl methyl sites for hydroxylation is 1. The Bertz CT molecular complexity index is 624. The van der Waals surface area contributed by atoms with Crippen LogP contribution in [0, 0.1) is 6.92 Å². The van der Waals surface area contributed by atoms with Crippen LogP contribution in [0.5, 0.6) is 0 Å². The van der Waals surface area contributed by atoms with Gasteiger partial charge in [0.1, 0.15) is 12.2 Å². The molecule has 2 aromatic rings. The lowest BCUT2D eigenvalue weighted by Crippen LogP contribution is -2.34. The number of hydrogen-bond acceptors (Lipinski definition) is 3. The highest BCUT2D eigenvalue weighted by Gasteiger charge is 2.22. The predicted octanol–water partition coefficient (Wildman–Crippen LogP) is 1.68. The monoisotopic (exact) mass is 273 g/mol. The lowest BCUT2D eigenvalue weighted by molar-refractivity contribution is -0.119. The quantitative estimate of drug-likeness (QED) is 0.794. The summed E-state index contributed by atoms with van der Waals surface area (Å²) in [5.74, 6) is -0.231. The molecule has 1 amide bonds. The Labute approximate surface area is 118 Å². The van der Waals surface area contributed by atoms with Gasteiger partial charge in [0.05, 0.1) is 0 Å². The van der Waals surface area contributed by atoms with E-state index >= 15 is 0 Å². The first kappa shape index (κ1) is 14.5. The molecular weight excluding hydrogens is 254 g/mol. The molecule has 0 aromatic heterocycles. The Balaban J connectivity index is 2.35. The van der Waals surface area contributed by atoms with Crippen LogP contribution in [0.2, 0.25) is 0 Å². The number of amides is 1. The maximum Gasteiger partial charge on any atom is 0.216 e. The fourth-order valence-corrected chi connectivity index (χ4v) is 2.35. The van der Waals surface area contributed by atoms with Gasteiger partial charge in [0.25, 0.3) is 0 Å². The van der Waals surface area contributed by atoms with E-state index in [1.807, 2.05) is 43.3 Å². The second-order valence-corrected chi connectivity index (χ2v) is 4.97. The number of carbonyl (C=O) groups is 1.